The standard InChI is InChI=1S/C12H15N3O3S2/c1-15(7-8-5-9(16)6-8)20(17,18)11-4-2-3-10-12(11)14-19-13-10/h2-4,8-9,16H,5-7H2,1H3. The highest BCUT2D eigenvalue weighted by Crippen LogP contribution is 2.30. The van der Waals surface area contributed by atoms with Gasteiger partial charge in [0.1, 0.15) is 15.9 Å². The third-order valence-electron chi connectivity index (χ3n) is 3.66. The van der Waals surface area contributed by atoms with Crippen LogP contribution in [0.3, 0.4) is 0 Å². The molecule has 8 heteroatoms. The van der Waals surface area contributed by atoms with E-state index in [1.807, 2.05) is 0 Å². The Kier molecular flexibility index (Phi) is 3.49. The fraction of sp³-hybridized carbons (Fsp3) is 0.500. The van der Waals surface area contributed by atoms with Crippen molar-refractivity contribution in [3.63, 3.8) is 0 Å². The SMILES string of the molecule is CN(CC1CC(O)C1)S(=O)(=O)c1cccc2nsnc12. The van der Waals surface area contributed by atoms with Crippen LogP contribution in [0.25, 0.3) is 11.0 Å². The Morgan fingerprint density at radius 2 is 2.15 bits per heavy atom. The van der Waals surface area contributed by atoms with Crippen molar-refractivity contribution in [3.05, 3.63) is 18.2 Å². The lowest BCUT2D eigenvalue weighted by atomic mass is 9.82. The van der Waals surface area contributed by atoms with E-state index in [-0.39, 0.29) is 16.9 Å². The lowest BCUT2D eigenvalue weighted by molar-refractivity contribution is 0.0367. The van der Waals surface area contributed by atoms with Gasteiger partial charge in [-0.1, -0.05) is 6.07 Å². The van der Waals surface area contributed by atoms with Gasteiger partial charge in [0.15, 0.2) is 0 Å². The summed E-state index contributed by atoms with van der Waals surface area (Å²) in [4.78, 5) is 0.200. The van der Waals surface area contributed by atoms with E-state index in [0.29, 0.717) is 30.4 Å². The molecule has 0 bridgehead atoms. The Hall–Kier alpha value is -1.09. The third-order valence-corrected chi connectivity index (χ3v) is 6.06. The van der Waals surface area contributed by atoms with E-state index < -0.39 is 10.0 Å². The number of aromatic nitrogens is 2. The fourth-order valence-electron chi connectivity index (χ4n) is 2.47. The summed E-state index contributed by atoms with van der Waals surface area (Å²) >= 11 is 1.01. The molecular formula is C12H15N3O3S2. The van der Waals surface area contributed by atoms with Crippen LogP contribution in [0.1, 0.15) is 12.8 Å². The Morgan fingerprint density at radius 1 is 1.40 bits per heavy atom. The topological polar surface area (TPSA) is 83.4 Å². The van der Waals surface area contributed by atoms with Crippen LogP contribution >= 0.6 is 11.7 Å². The van der Waals surface area contributed by atoms with Crippen molar-refractivity contribution in [2.75, 3.05) is 13.6 Å². The van der Waals surface area contributed by atoms with Crippen LogP contribution in [0.2, 0.25) is 0 Å². The number of aliphatic hydroxyl groups is 1. The second-order valence-electron chi connectivity index (χ2n) is 5.16. The van der Waals surface area contributed by atoms with Gasteiger partial charge in [0.25, 0.3) is 0 Å². The maximum atomic E-state index is 12.6. The Morgan fingerprint density at radius 3 is 2.85 bits per heavy atom. The summed E-state index contributed by atoms with van der Waals surface area (Å²) in [5.74, 6) is 0.234. The van der Waals surface area contributed by atoms with Crippen molar-refractivity contribution in [1.29, 1.82) is 0 Å². The molecule has 20 heavy (non-hydrogen) atoms. The molecule has 1 N–H and O–H groups in total. The number of aliphatic hydroxyl groups excluding tert-OH is 1. The van der Waals surface area contributed by atoms with Gasteiger partial charge in [0.2, 0.25) is 10.0 Å². The molecular weight excluding hydrogens is 298 g/mol. The molecule has 0 radical (unpaired) electrons. The van der Waals surface area contributed by atoms with Crippen molar-refractivity contribution < 1.29 is 13.5 Å². The van der Waals surface area contributed by atoms with Crippen LogP contribution in [-0.2, 0) is 10.0 Å². The highest BCUT2D eigenvalue weighted by molar-refractivity contribution is 7.89. The number of hydrogen-bond acceptors (Lipinski definition) is 6. The zero-order valence-corrected chi connectivity index (χ0v) is 12.6. The van der Waals surface area contributed by atoms with Gasteiger partial charge in [-0.3, -0.25) is 0 Å². The minimum absolute atomic E-state index is 0.200. The van der Waals surface area contributed by atoms with Crippen LogP contribution in [0, 0.1) is 5.92 Å². The molecule has 108 valence electrons. The van der Waals surface area contributed by atoms with Crippen LogP contribution in [-0.4, -0.2) is 46.3 Å². The van der Waals surface area contributed by atoms with Crippen molar-refractivity contribution in [2.45, 2.75) is 23.8 Å². The lowest BCUT2D eigenvalue weighted by Gasteiger charge is -2.34. The molecule has 0 aliphatic heterocycles. The van der Waals surface area contributed by atoms with Gasteiger partial charge < -0.3 is 5.11 Å². The van der Waals surface area contributed by atoms with Crippen LogP contribution < -0.4 is 0 Å². The van der Waals surface area contributed by atoms with Gasteiger partial charge >= 0.3 is 0 Å². The average molecular weight is 313 g/mol. The Bertz CT molecular complexity index is 722. The minimum atomic E-state index is -3.57. The molecule has 1 fully saturated rings. The number of sulfonamides is 1. The minimum Gasteiger partial charge on any atom is -0.393 e. The van der Waals surface area contributed by atoms with Crippen LogP contribution in [0.15, 0.2) is 23.1 Å². The Balaban J connectivity index is 1.89. The summed E-state index contributed by atoms with van der Waals surface area (Å²) in [5, 5.41) is 9.28. The molecule has 1 aromatic carbocycles. The Labute approximate surface area is 121 Å². The van der Waals surface area contributed by atoms with Crippen molar-refractivity contribution in [2.24, 2.45) is 5.92 Å². The smallest absolute Gasteiger partial charge is 0.245 e. The molecule has 6 nitrogen and oxygen atoms in total. The normalized spacial score (nSPS) is 23.1. The summed E-state index contributed by atoms with van der Waals surface area (Å²) < 4.78 is 34.7. The number of benzene rings is 1. The van der Waals surface area contributed by atoms with Crippen molar-refractivity contribution in [3.8, 4) is 0 Å². The molecule has 1 aromatic heterocycles. The number of hydrogen-bond donors (Lipinski definition) is 1. The molecule has 3 rings (SSSR count). The zero-order valence-electron chi connectivity index (χ0n) is 10.9. The molecule has 1 heterocycles. The molecule has 1 aliphatic rings. The summed E-state index contributed by atoms with van der Waals surface area (Å²) in [6, 6.07) is 4.99. The largest absolute Gasteiger partial charge is 0.393 e. The van der Waals surface area contributed by atoms with E-state index in [2.05, 4.69) is 8.75 Å². The summed E-state index contributed by atoms with van der Waals surface area (Å²) in [7, 11) is -2.00. The number of nitrogens with zero attached hydrogens (tertiary/aromatic N) is 3. The molecule has 2 aromatic rings. The molecule has 0 unspecified atom stereocenters. The van der Waals surface area contributed by atoms with Gasteiger partial charge in [-0.25, -0.2) is 12.7 Å². The molecule has 0 saturated heterocycles. The van der Waals surface area contributed by atoms with Gasteiger partial charge in [-0.15, -0.1) is 0 Å². The van der Waals surface area contributed by atoms with E-state index in [9.17, 15) is 13.5 Å². The number of fused-ring (bicyclic) bond motifs is 1. The molecule has 1 saturated carbocycles. The first kappa shape index (κ1) is 13.9. The van der Waals surface area contributed by atoms with Crippen LogP contribution in [0.4, 0.5) is 0 Å². The highest BCUT2D eigenvalue weighted by atomic mass is 32.2. The van der Waals surface area contributed by atoms with E-state index in [4.69, 9.17) is 0 Å². The quantitative estimate of drug-likeness (QED) is 0.913. The van der Waals surface area contributed by atoms with Gasteiger partial charge in [-0.2, -0.15) is 8.75 Å². The van der Waals surface area contributed by atoms with E-state index >= 15 is 0 Å². The molecule has 0 amide bonds. The van der Waals surface area contributed by atoms with E-state index in [1.54, 1.807) is 25.2 Å². The summed E-state index contributed by atoms with van der Waals surface area (Å²) in [5.41, 5.74) is 1.03. The van der Waals surface area contributed by atoms with Gasteiger partial charge in [0.05, 0.1) is 17.8 Å². The van der Waals surface area contributed by atoms with E-state index in [1.165, 1.54) is 4.31 Å². The maximum Gasteiger partial charge on any atom is 0.245 e. The summed E-state index contributed by atoms with van der Waals surface area (Å²) in [6.07, 6.45) is 1.06. The van der Waals surface area contributed by atoms with Crippen LogP contribution in [0.5, 0.6) is 0 Å². The van der Waals surface area contributed by atoms with Crippen molar-refractivity contribution in [1.82, 2.24) is 13.1 Å². The highest BCUT2D eigenvalue weighted by Gasteiger charge is 2.32. The molecule has 0 atom stereocenters. The second-order valence-corrected chi connectivity index (χ2v) is 7.71. The first-order valence-electron chi connectivity index (χ1n) is 6.34. The maximum absolute atomic E-state index is 12.6. The molecule has 0 spiro atoms. The third kappa shape index (κ3) is 2.32. The average Bonchev–Trinajstić information content (AvgIpc) is 2.84. The van der Waals surface area contributed by atoms with Gasteiger partial charge in [-0.05, 0) is 30.9 Å². The first-order chi connectivity index (χ1) is 9.48. The second kappa shape index (κ2) is 5.03. The predicted octanol–water partition coefficient (Wildman–Crippen LogP) is 1.08. The van der Waals surface area contributed by atoms with Gasteiger partial charge in [0, 0.05) is 13.6 Å². The molecule has 1 aliphatic carbocycles. The lowest BCUT2D eigenvalue weighted by Crippen LogP contribution is -2.39. The monoisotopic (exact) mass is 313 g/mol. The fourth-order valence-corrected chi connectivity index (χ4v) is 4.46. The summed E-state index contributed by atoms with van der Waals surface area (Å²) in [6.45, 7) is 0.424. The van der Waals surface area contributed by atoms with Crippen molar-refractivity contribution >= 4 is 32.8 Å². The zero-order chi connectivity index (χ0) is 14.3. The first-order valence-corrected chi connectivity index (χ1v) is 8.51. The number of rotatable bonds is 4. The predicted molar refractivity (Wildman–Crippen MR) is 76.0 cm³/mol. The van der Waals surface area contributed by atoms with E-state index in [0.717, 1.165) is 11.7 Å².